The Morgan fingerprint density at radius 2 is 2.12 bits per heavy atom. The zero-order valence-corrected chi connectivity index (χ0v) is 15.0. The van der Waals surface area contributed by atoms with Crippen LogP contribution in [-0.4, -0.2) is 23.7 Å². The molecule has 0 spiro atoms. The highest BCUT2D eigenvalue weighted by Gasteiger charge is 2.09. The summed E-state index contributed by atoms with van der Waals surface area (Å²) in [6, 6.07) is 10.5. The lowest BCUT2D eigenvalue weighted by Gasteiger charge is -2.11. The number of pyridine rings is 1. The third kappa shape index (κ3) is 3.04. The van der Waals surface area contributed by atoms with Crippen LogP contribution >= 0.6 is 11.3 Å². The van der Waals surface area contributed by atoms with E-state index in [0.717, 1.165) is 27.1 Å². The van der Waals surface area contributed by atoms with Crippen LogP contribution in [0, 0.1) is 6.92 Å². The van der Waals surface area contributed by atoms with E-state index < -0.39 is 0 Å². The van der Waals surface area contributed by atoms with E-state index in [1.807, 2.05) is 24.5 Å². The lowest BCUT2D eigenvalue weighted by molar-refractivity contribution is 0.234. The van der Waals surface area contributed by atoms with Crippen LogP contribution < -0.4 is 5.32 Å². The lowest BCUT2D eigenvalue weighted by atomic mass is 10.1. The molecular weight excluding hydrogens is 330 g/mol. The number of aryl methyl sites for hydroxylation is 1. The largest absolute Gasteiger partial charge is 0.381 e. The standard InChI is InChI=1S/C20H19N3OS/c1-13-15-7-9-21-18(15)6-5-17(13)23-19-8-10-22-20-16(19)12-14(25-20)4-3-11-24-2/h3-10,12,21H,11H2,1-2H3,(H,22,23)/b4-3+. The first-order valence-electron chi connectivity index (χ1n) is 8.14. The van der Waals surface area contributed by atoms with Crippen molar-refractivity contribution in [1.29, 1.82) is 0 Å². The summed E-state index contributed by atoms with van der Waals surface area (Å²) in [7, 11) is 1.70. The highest BCUT2D eigenvalue weighted by Crippen LogP contribution is 2.34. The molecule has 0 amide bonds. The van der Waals surface area contributed by atoms with Crippen molar-refractivity contribution in [3.63, 3.8) is 0 Å². The van der Waals surface area contributed by atoms with Crippen molar-refractivity contribution in [3.8, 4) is 0 Å². The summed E-state index contributed by atoms with van der Waals surface area (Å²) >= 11 is 1.68. The van der Waals surface area contributed by atoms with Crippen molar-refractivity contribution >= 4 is 49.9 Å². The fourth-order valence-corrected chi connectivity index (χ4v) is 3.93. The SMILES string of the molecule is COC/C=C/c1cc2c(Nc3ccc4[nH]ccc4c3C)ccnc2s1. The van der Waals surface area contributed by atoms with Crippen molar-refractivity contribution in [2.75, 3.05) is 19.0 Å². The van der Waals surface area contributed by atoms with Crippen molar-refractivity contribution in [2.45, 2.75) is 6.92 Å². The Bertz CT molecular complexity index is 1060. The molecule has 0 saturated heterocycles. The number of anilines is 2. The van der Waals surface area contributed by atoms with Gasteiger partial charge in [0.1, 0.15) is 4.83 Å². The number of aromatic nitrogens is 2. The number of methoxy groups -OCH3 is 1. The van der Waals surface area contributed by atoms with Gasteiger partial charge in [-0.15, -0.1) is 11.3 Å². The smallest absolute Gasteiger partial charge is 0.125 e. The molecule has 0 fully saturated rings. The predicted octanol–water partition coefficient (Wildman–Crippen LogP) is 5.49. The van der Waals surface area contributed by atoms with E-state index in [1.54, 1.807) is 18.4 Å². The zero-order chi connectivity index (χ0) is 17.2. The summed E-state index contributed by atoms with van der Waals surface area (Å²) in [4.78, 5) is 9.96. The van der Waals surface area contributed by atoms with Gasteiger partial charge in [0.25, 0.3) is 0 Å². The van der Waals surface area contributed by atoms with Gasteiger partial charge >= 0.3 is 0 Å². The van der Waals surface area contributed by atoms with Gasteiger partial charge in [0.2, 0.25) is 0 Å². The monoisotopic (exact) mass is 349 g/mol. The van der Waals surface area contributed by atoms with Crippen LogP contribution in [-0.2, 0) is 4.74 Å². The molecular formula is C20H19N3OS. The second kappa shape index (κ2) is 6.70. The maximum absolute atomic E-state index is 5.07. The van der Waals surface area contributed by atoms with E-state index in [1.165, 1.54) is 15.8 Å². The Morgan fingerprint density at radius 3 is 3.00 bits per heavy atom. The fraction of sp³-hybridized carbons (Fsp3) is 0.150. The highest BCUT2D eigenvalue weighted by molar-refractivity contribution is 7.19. The number of thiophene rings is 1. The molecule has 25 heavy (non-hydrogen) atoms. The Morgan fingerprint density at radius 1 is 1.20 bits per heavy atom. The van der Waals surface area contributed by atoms with Gasteiger partial charge in [-0.1, -0.05) is 6.08 Å². The summed E-state index contributed by atoms with van der Waals surface area (Å²) in [5.41, 5.74) is 4.58. The molecule has 4 nitrogen and oxygen atoms in total. The zero-order valence-electron chi connectivity index (χ0n) is 14.2. The molecule has 126 valence electrons. The maximum atomic E-state index is 5.07. The summed E-state index contributed by atoms with van der Waals surface area (Å²) in [6.45, 7) is 2.76. The van der Waals surface area contributed by atoms with Gasteiger partial charge in [-0.05, 0) is 48.9 Å². The van der Waals surface area contributed by atoms with E-state index in [0.29, 0.717) is 6.61 Å². The Hall–Kier alpha value is -2.63. The van der Waals surface area contributed by atoms with Gasteiger partial charge < -0.3 is 15.0 Å². The summed E-state index contributed by atoms with van der Waals surface area (Å²) in [6.07, 6.45) is 7.93. The number of hydrogen-bond acceptors (Lipinski definition) is 4. The van der Waals surface area contributed by atoms with E-state index in [2.05, 4.69) is 52.5 Å². The van der Waals surface area contributed by atoms with Crippen molar-refractivity contribution in [1.82, 2.24) is 9.97 Å². The molecule has 0 unspecified atom stereocenters. The first-order chi connectivity index (χ1) is 12.3. The first kappa shape index (κ1) is 15.9. The van der Waals surface area contributed by atoms with Crippen LogP contribution in [0.3, 0.4) is 0 Å². The van der Waals surface area contributed by atoms with Crippen molar-refractivity contribution in [2.24, 2.45) is 0 Å². The molecule has 0 aliphatic carbocycles. The second-order valence-electron chi connectivity index (χ2n) is 5.89. The van der Waals surface area contributed by atoms with E-state index in [-0.39, 0.29) is 0 Å². The molecule has 0 bridgehead atoms. The third-order valence-electron chi connectivity index (χ3n) is 4.27. The number of rotatable bonds is 5. The van der Waals surface area contributed by atoms with E-state index in [9.17, 15) is 0 Å². The van der Waals surface area contributed by atoms with Gasteiger partial charge in [-0.3, -0.25) is 0 Å². The lowest BCUT2D eigenvalue weighted by Crippen LogP contribution is -1.94. The van der Waals surface area contributed by atoms with Crippen LogP contribution in [0.4, 0.5) is 11.4 Å². The van der Waals surface area contributed by atoms with Crippen molar-refractivity contribution < 1.29 is 4.74 Å². The predicted molar refractivity (Wildman–Crippen MR) is 107 cm³/mol. The molecule has 0 aliphatic heterocycles. The minimum Gasteiger partial charge on any atom is -0.381 e. The number of nitrogens with zero attached hydrogens (tertiary/aromatic N) is 1. The molecule has 2 N–H and O–H groups in total. The molecule has 0 saturated carbocycles. The molecule has 0 radical (unpaired) electrons. The minimum atomic E-state index is 0.614. The summed E-state index contributed by atoms with van der Waals surface area (Å²) in [5, 5.41) is 5.96. The molecule has 3 aromatic heterocycles. The first-order valence-corrected chi connectivity index (χ1v) is 8.95. The number of benzene rings is 1. The molecule has 0 atom stereocenters. The van der Waals surface area contributed by atoms with Gasteiger partial charge in [0.05, 0.1) is 12.3 Å². The minimum absolute atomic E-state index is 0.614. The highest BCUT2D eigenvalue weighted by atomic mass is 32.1. The average molecular weight is 349 g/mol. The fourth-order valence-electron chi connectivity index (χ4n) is 2.97. The van der Waals surface area contributed by atoms with Crippen LogP contribution in [0.1, 0.15) is 10.4 Å². The molecule has 1 aromatic carbocycles. The average Bonchev–Trinajstić information content (AvgIpc) is 3.25. The Balaban J connectivity index is 1.71. The number of hydrogen-bond donors (Lipinski definition) is 2. The third-order valence-corrected chi connectivity index (χ3v) is 5.28. The molecule has 4 rings (SSSR count). The number of ether oxygens (including phenoxy) is 1. The Kier molecular flexibility index (Phi) is 4.26. The number of H-pyrrole nitrogens is 1. The van der Waals surface area contributed by atoms with Gasteiger partial charge in [-0.2, -0.15) is 0 Å². The molecule has 5 heteroatoms. The normalized spacial score (nSPS) is 11.8. The number of fused-ring (bicyclic) bond motifs is 2. The maximum Gasteiger partial charge on any atom is 0.125 e. The van der Waals surface area contributed by atoms with E-state index in [4.69, 9.17) is 4.74 Å². The number of nitrogens with one attached hydrogen (secondary N) is 2. The molecule has 4 aromatic rings. The summed E-state index contributed by atoms with van der Waals surface area (Å²) in [5.74, 6) is 0. The van der Waals surface area contributed by atoms with Crippen LogP contribution in [0.2, 0.25) is 0 Å². The van der Waals surface area contributed by atoms with Gasteiger partial charge in [0, 0.05) is 46.4 Å². The summed E-state index contributed by atoms with van der Waals surface area (Å²) < 4.78 is 5.07. The molecule has 3 heterocycles. The van der Waals surface area contributed by atoms with Gasteiger partial charge in [-0.25, -0.2) is 4.98 Å². The molecule has 0 aliphatic rings. The Labute approximate surface area is 150 Å². The topological polar surface area (TPSA) is 49.9 Å². The van der Waals surface area contributed by atoms with Crippen LogP contribution in [0.25, 0.3) is 27.2 Å². The van der Waals surface area contributed by atoms with Crippen LogP contribution in [0.15, 0.2) is 48.8 Å². The quantitative estimate of drug-likeness (QED) is 0.501. The van der Waals surface area contributed by atoms with Gasteiger partial charge in [0.15, 0.2) is 0 Å². The number of aromatic amines is 1. The van der Waals surface area contributed by atoms with Crippen molar-refractivity contribution in [3.05, 3.63) is 59.2 Å². The second-order valence-corrected chi connectivity index (χ2v) is 6.95. The van der Waals surface area contributed by atoms with E-state index >= 15 is 0 Å². The van der Waals surface area contributed by atoms with Crippen LogP contribution in [0.5, 0.6) is 0 Å².